The van der Waals surface area contributed by atoms with E-state index in [-0.39, 0.29) is 5.56 Å². The summed E-state index contributed by atoms with van der Waals surface area (Å²) in [4.78, 5) is 0. The average molecular weight is 294 g/mol. The zero-order valence-electron chi connectivity index (χ0n) is 11.2. The van der Waals surface area contributed by atoms with Crippen LogP contribution in [0.3, 0.4) is 0 Å². The van der Waals surface area contributed by atoms with Crippen molar-refractivity contribution in [3.05, 3.63) is 58.9 Å². The summed E-state index contributed by atoms with van der Waals surface area (Å²) in [5, 5.41) is 18.0. The number of alkyl halides is 3. The molecule has 1 atom stereocenters. The molecule has 2 aromatic rings. The number of halogens is 3. The van der Waals surface area contributed by atoms with Gasteiger partial charge >= 0.3 is 6.18 Å². The number of aliphatic hydroxyl groups is 1. The van der Waals surface area contributed by atoms with Gasteiger partial charge in [-0.05, 0) is 36.2 Å². The molecule has 0 aliphatic heterocycles. The Morgan fingerprint density at radius 1 is 1.33 bits per heavy atom. The molecular formula is C15H13F3N2O. The number of aryl methyl sites for hydroxylation is 1. The third-order valence-corrected chi connectivity index (χ3v) is 3.22. The van der Waals surface area contributed by atoms with E-state index in [1.54, 1.807) is 22.8 Å². The molecule has 21 heavy (non-hydrogen) atoms. The van der Waals surface area contributed by atoms with Crippen LogP contribution in [-0.2, 0) is 6.54 Å². The molecule has 1 aromatic heterocycles. The predicted molar refractivity (Wildman–Crippen MR) is 70.4 cm³/mol. The first-order valence-electron chi connectivity index (χ1n) is 6.21. The summed E-state index contributed by atoms with van der Waals surface area (Å²) in [6.45, 7) is 2.22. The van der Waals surface area contributed by atoms with Crippen molar-refractivity contribution < 1.29 is 18.3 Å². The fourth-order valence-corrected chi connectivity index (χ4v) is 2.05. The molecule has 110 valence electrons. The minimum Gasteiger partial charge on any atom is -0.379 e. The third-order valence-electron chi connectivity index (χ3n) is 3.22. The number of nitrogens with zero attached hydrogens (tertiary/aromatic N) is 2. The molecule has 3 nitrogen and oxygen atoms in total. The van der Waals surface area contributed by atoms with Gasteiger partial charge < -0.3 is 9.67 Å². The summed E-state index contributed by atoms with van der Waals surface area (Å²) < 4.78 is 38.9. The summed E-state index contributed by atoms with van der Waals surface area (Å²) in [6, 6.07) is 8.44. The minimum atomic E-state index is -4.67. The van der Waals surface area contributed by atoms with Crippen LogP contribution in [-0.4, -0.2) is 15.8 Å². The van der Waals surface area contributed by atoms with Gasteiger partial charge in [0.05, 0.1) is 11.6 Å². The van der Waals surface area contributed by atoms with Gasteiger partial charge in [0.1, 0.15) is 0 Å². The predicted octanol–water partition coefficient (Wildman–Crippen LogP) is 3.31. The molecule has 1 aromatic carbocycles. The van der Waals surface area contributed by atoms with Gasteiger partial charge in [0, 0.05) is 24.5 Å². The van der Waals surface area contributed by atoms with Crippen molar-refractivity contribution in [1.82, 2.24) is 4.57 Å². The van der Waals surface area contributed by atoms with E-state index >= 15 is 0 Å². The summed E-state index contributed by atoms with van der Waals surface area (Å²) >= 11 is 0. The average Bonchev–Trinajstić information content (AvgIpc) is 2.87. The first-order chi connectivity index (χ1) is 9.81. The summed E-state index contributed by atoms with van der Waals surface area (Å²) in [5.74, 6) is 0. The van der Waals surface area contributed by atoms with Crippen LogP contribution >= 0.6 is 0 Å². The second-order valence-electron chi connectivity index (χ2n) is 4.81. The van der Waals surface area contributed by atoms with Gasteiger partial charge in [-0.2, -0.15) is 18.4 Å². The lowest BCUT2D eigenvalue weighted by Gasteiger charge is -2.12. The maximum atomic E-state index is 12.4. The zero-order chi connectivity index (χ0) is 15.6. The molecular weight excluding hydrogens is 281 g/mol. The van der Waals surface area contributed by atoms with Gasteiger partial charge in [0.15, 0.2) is 6.10 Å². The van der Waals surface area contributed by atoms with E-state index in [0.717, 1.165) is 11.1 Å². The van der Waals surface area contributed by atoms with Crippen molar-refractivity contribution in [1.29, 1.82) is 5.26 Å². The number of nitriles is 1. The fourth-order valence-electron chi connectivity index (χ4n) is 2.05. The highest BCUT2D eigenvalue weighted by molar-refractivity contribution is 5.37. The van der Waals surface area contributed by atoms with E-state index in [4.69, 9.17) is 5.26 Å². The lowest BCUT2D eigenvalue weighted by atomic mass is 10.1. The van der Waals surface area contributed by atoms with Gasteiger partial charge in [0.25, 0.3) is 0 Å². The minimum absolute atomic E-state index is 0.186. The number of aliphatic hydroxyl groups excluding tert-OH is 1. The van der Waals surface area contributed by atoms with Crippen LogP contribution in [0.4, 0.5) is 13.2 Å². The molecule has 0 aliphatic rings. The van der Waals surface area contributed by atoms with Crippen LogP contribution in [0.25, 0.3) is 0 Å². The normalized spacial score (nSPS) is 13.0. The van der Waals surface area contributed by atoms with Gasteiger partial charge in [-0.1, -0.05) is 6.07 Å². The van der Waals surface area contributed by atoms with Crippen LogP contribution in [0.2, 0.25) is 0 Å². The van der Waals surface area contributed by atoms with Gasteiger partial charge in [-0.15, -0.1) is 0 Å². The summed E-state index contributed by atoms with van der Waals surface area (Å²) in [7, 11) is 0. The molecule has 0 fully saturated rings. The largest absolute Gasteiger partial charge is 0.418 e. The Morgan fingerprint density at radius 2 is 2.05 bits per heavy atom. The molecule has 1 heterocycles. The van der Waals surface area contributed by atoms with Crippen molar-refractivity contribution in [3.63, 3.8) is 0 Å². The highest BCUT2D eigenvalue weighted by Gasteiger charge is 2.39. The first-order valence-corrected chi connectivity index (χ1v) is 6.21. The highest BCUT2D eigenvalue weighted by atomic mass is 19.4. The lowest BCUT2D eigenvalue weighted by Crippen LogP contribution is -2.19. The summed E-state index contributed by atoms with van der Waals surface area (Å²) in [6.07, 6.45) is -4.38. The molecule has 0 saturated heterocycles. The van der Waals surface area contributed by atoms with Gasteiger partial charge in [0.2, 0.25) is 0 Å². The van der Waals surface area contributed by atoms with E-state index < -0.39 is 12.3 Å². The number of hydrogen-bond donors (Lipinski definition) is 1. The number of aromatic nitrogens is 1. The summed E-state index contributed by atoms with van der Waals surface area (Å²) in [5.41, 5.74) is 2.14. The van der Waals surface area contributed by atoms with Crippen molar-refractivity contribution in [2.45, 2.75) is 25.7 Å². The van der Waals surface area contributed by atoms with Crippen LogP contribution in [0.1, 0.15) is 28.4 Å². The molecule has 1 N–H and O–H groups in total. The van der Waals surface area contributed by atoms with E-state index in [1.807, 2.05) is 13.0 Å². The van der Waals surface area contributed by atoms with Crippen molar-refractivity contribution >= 4 is 0 Å². The van der Waals surface area contributed by atoms with Crippen LogP contribution < -0.4 is 0 Å². The van der Waals surface area contributed by atoms with E-state index in [1.165, 1.54) is 18.5 Å². The molecule has 0 aliphatic carbocycles. The smallest absolute Gasteiger partial charge is 0.379 e. The van der Waals surface area contributed by atoms with E-state index in [9.17, 15) is 18.3 Å². The quantitative estimate of drug-likeness (QED) is 0.944. The molecule has 2 rings (SSSR count). The molecule has 0 amide bonds. The highest BCUT2D eigenvalue weighted by Crippen LogP contribution is 2.32. The maximum Gasteiger partial charge on any atom is 0.418 e. The number of hydrogen-bond acceptors (Lipinski definition) is 2. The van der Waals surface area contributed by atoms with Crippen LogP contribution in [0.5, 0.6) is 0 Å². The van der Waals surface area contributed by atoms with Gasteiger partial charge in [-0.25, -0.2) is 0 Å². The molecule has 0 spiro atoms. The number of rotatable bonds is 3. The molecule has 0 saturated carbocycles. The van der Waals surface area contributed by atoms with Crippen molar-refractivity contribution in [2.24, 2.45) is 0 Å². The Labute approximate surface area is 119 Å². The Hall–Kier alpha value is -2.26. The maximum absolute atomic E-state index is 12.4. The Balaban J connectivity index is 2.19. The third kappa shape index (κ3) is 3.44. The van der Waals surface area contributed by atoms with E-state index in [2.05, 4.69) is 0 Å². The number of benzene rings is 1. The topological polar surface area (TPSA) is 49.0 Å². The fraction of sp³-hybridized carbons (Fsp3) is 0.267. The van der Waals surface area contributed by atoms with Crippen LogP contribution in [0, 0.1) is 18.3 Å². The first kappa shape index (κ1) is 15.1. The molecule has 1 unspecified atom stereocenters. The monoisotopic (exact) mass is 294 g/mol. The zero-order valence-corrected chi connectivity index (χ0v) is 11.2. The Bertz CT molecular complexity index is 683. The van der Waals surface area contributed by atoms with Crippen LogP contribution in [0.15, 0.2) is 36.7 Å². The lowest BCUT2D eigenvalue weighted by molar-refractivity contribution is -0.206. The Morgan fingerprint density at radius 3 is 2.62 bits per heavy atom. The van der Waals surface area contributed by atoms with Crippen molar-refractivity contribution in [2.75, 3.05) is 0 Å². The second-order valence-corrected chi connectivity index (χ2v) is 4.81. The SMILES string of the molecule is Cc1cc(C#N)ccc1Cn1ccc(C(O)C(F)(F)F)c1. The Kier molecular flexibility index (Phi) is 4.05. The van der Waals surface area contributed by atoms with Gasteiger partial charge in [-0.3, -0.25) is 0 Å². The second kappa shape index (κ2) is 5.62. The molecule has 0 radical (unpaired) electrons. The molecule has 6 heteroatoms. The van der Waals surface area contributed by atoms with Crippen molar-refractivity contribution in [3.8, 4) is 6.07 Å². The standard InChI is InChI=1S/C15H13F3N2O/c1-10-6-11(7-19)2-3-12(10)8-20-5-4-13(9-20)14(21)15(16,17)18/h2-6,9,14,21H,8H2,1H3. The van der Waals surface area contributed by atoms with E-state index in [0.29, 0.717) is 12.1 Å². The molecule has 0 bridgehead atoms.